The van der Waals surface area contributed by atoms with Crippen LogP contribution in [0.3, 0.4) is 0 Å². The Balaban J connectivity index is 1.39. The molecule has 5 rings (SSSR count). The Bertz CT molecular complexity index is 1080. The molecule has 2 atom stereocenters. The number of hydrogen-bond acceptors (Lipinski definition) is 4. The maximum absolute atomic E-state index is 14.5. The highest BCUT2D eigenvalue weighted by Crippen LogP contribution is 2.44. The minimum Gasteiger partial charge on any atom is -0.492 e. The topological polar surface area (TPSA) is 59.0 Å². The van der Waals surface area contributed by atoms with E-state index in [1.165, 1.54) is 6.42 Å². The van der Waals surface area contributed by atoms with Crippen molar-refractivity contribution in [2.45, 2.75) is 69.9 Å². The third-order valence-electron chi connectivity index (χ3n) is 7.34. The Hall–Kier alpha value is -2.67. The molecule has 2 aromatic rings. The van der Waals surface area contributed by atoms with Gasteiger partial charge in [0.05, 0.1) is 13.0 Å². The van der Waals surface area contributed by atoms with Gasteiger partial charge in [0.25, 0.3) is 5.92 Å². The SMILES string of the molecule is CC(F)(F)c1ccc2c(c1CN1CCCCC1)CCC2Oc1ccc2c(c1)OCC2CC(=O)O. The Morgan fingerprint density at radius 3 is 2.68 bits per heavy atom. The summed E-state index contributed by atoms with van der Waals surface area (Å²) in [5.41, 5.74) is 3.79. The molecule has 1 N–H and O–H groups in total. The van der Waals surface area contributed by atoms with Gasteiger partial charge in [0.15, 0.2) is 0 Å². The largest absolute Gasteiger partial charge is 0.492 e. The zero-order valence-corrected chi connectivity index (χ0v) is 19.5. The third-order valence-corrected chi connectivity index (χ3v) is 7.34. The van der Waals surface area contributed by atoms with E-state index in [-0.39, 0.29) is 24.0 Å². The number of alkyl halides is 2. The van der Waals surface area contributed by atoms with E-state index in [9.17, 15) is 13.6 Å². The van der Waals surface area contributed by atoms with Gasteiger partial charge in [-0.2, -0.15) is 0 Å². The fourth-order valence-corrected chi connectivity index (χ4v) is 5.67. The van der Waals surface area contributed by atoms with Crippen LogP contribution in [0.25, 0.3) is 0 Å². The van der Waals surface area contributed by atoms with Crippen LogP contribution >= 0.6 is 0 Å². The lowest BCUT2D eigenvalue weighted by atomic mass is 9.93. The van der Waals surface area contributed by atoms with Gasteiger partial charge < -0.3 is 14.6 Å². The molecular weight excluding hydrogens is 440 g/mol. The highest BCUT2D eigenvalue weighted by Gasteiger charge is 2.35. The third kappa shape index (κ3) is 4.63. The van der Waals surface area contributed by atoms with Crippen molar-refractivity contribution in [1.29, 1.82) is 0 Å². The summed E-state index contributed by atoms with van der Waals surface area (Å²) in [4.78, 5) is 13.4. The lowest BCUT2D eigenvalue weighted by Gasteiger charge is -2.29. The number of carboxylic acid groups (broad SMARTS) is 1. The summed E-state index contributed by atoms with van der Waals surface area (Å²) in [5.74, 6) is -2.58. The number of fused-ring (bicyclic) bond motifs is 2. The molecular formula is C27H31F2NO4. The van der Waals surface area contributed by atoms with E-state index in [0.717, 1.165) is 68.0 Å². The number of carboxylic acids is 1. The number of halogens is 2. The number of carbonyl (C=O) groups is 1. The highest BCUT2D eigenvalue weighted by molar-refractivity contribution is 5.68. The summed E-state index contributed by atoms with van der Waals surface area (Å²) in [6.45, 7) is 3.81. The number of hydrogen-bond donors (Lipinski definition) is 1. The van der Waals surface area contributed by atoms with E-state index in [1.54, 1.807) is 6.07 Å². The predicted molar refractivity (Wildman–Crippen MR) is 124 cm³/mol. The Labute approximate surface area is 198 Å². The van der Waals surface area contributed by atoms with Crippen molar-refractivity contribution < 1.29 is 28.2 Å². The van der Waals surface area contributed by atoms with Crippen molar-refractivity contribution >= 4 is 5.97 Å². The van der Waals surface area contributed by atoms with Crippen LogP contribution in [-0.2, 0) is 23.7 Å². The van der Waals surface area contributed by atoms with E-state index in [4.69, 9.17) is 14.6 Å². The van der Waals surface area contributed by atoms with Crippen LogP contribution in [0.15, 0.2) is 30.3 Å². The monoisotopic (exact) mass is 471 g/mol. The van der Waals surface area contributed by atoms with Crippen LogP contribution in [0.4, 0.5) is 8.78 Å². The van der Waals surface area contributed by atoms with Crippen LogP contribution in [0.5, 0.6) is 11.5 Å². The molecule has 1 aliphatic carbocycles. The van der Waals surface area contributed by atoms with Gasteiger partial charge in [-0.1, -0.05) is 24.6 Å². The van der Waals surface area contributed by atoms with Gasteiger partial charge in [0.2, 0.25) is 0 Å². The molecule has 182 valence electrons. The Morgan fingerprint density at radius 1 is 1.18 bits per heavy atom. The number of rotatable bonds is 7. The first kappa shape index (κ1) is 23.1. The van der Waals surface area contributed by atoms with Crippen LogP contribution < -0.4 is 9.47 Å². The first-order valence-corrected chi connectivity index (χ1v) is 12.2. The lowest BCUT2D eigenvalue weighted by Crippen LogP contribution is -2.30. The lowest BCUT2D eigenvalue weighted by molar-refractivity contribution is -0.137. The molecule has 2 aliphatic heterocycles. The second kappa shape index (κ2) is 9.17. The molecule has 0 bridgehead atoms. The van der Waals surface area contributed by atoms with Gasteiger partial charge in [-0.15, -0.1) is 0 Å². The van der Waals surface area contributed by atoms with Gasteiger partial charge >= 0.3 is 5.97 Å². The summed E-state index contributed by atoms with van der Waals surface area (Å²) in [5, 5.41) is 9.10. The highest BCUT2D eigenvalue weighted by atomic mass is 19.3. The maximum Gasteiger partial charge on any atom is 0.304 e. The molecule has 1 fully saturated rings. The Kier molecular flexibility index (Phi) is 6.23. The van der Waals surface area contributed by atoms with Crippen molar-refractivity contribution in [3.8, 4) is 11.5 Å². The van der Waals surface area contributed by atoms with Gasteiger partial charge in [-0.05, 0) is 61.5 Å². The second-order valence-corrected chi connectivity index (χ2v) is 9.84. The number of piperidine rings is 1. The van der Waals surface area contributed by atoms with Crippen molar-refractivity contribution in [1.82, 2.24) is 4.90 Å². The molecule has 2 aromatic carbocycles. The molecule has 2 heterocycles. The molecule has 3 aliphatic rings. The average Bonchev–Trinajstić information content (AvgIpc) is 3.38. The predicted octanol–water partition coefficient (Wildman–Crippen LogP) is 5.80. The van der Waals surface area contributed by atoms with E-state index in [1.807, 2.05) is 24.3 Å². The summed E-state index contributed by atoms with van der Waals surface area (Å²) >= 11 is 0. The van der Waals surface area contributed by atoms with E-state index < -0.39 is 11.9 Å². The fraction of sp³-hybridized carbons (Fsp3) is 0.519. The van der Waals surface area contributed by atoms with E-state index in [0.29, 0.717) is 24.7 Å². The molecule has 1 saturated heterocycles. The summed E-state index contributed by atoms with van der Waals surface area (Å²) in [6, 6.07) is 8.94. The summed E-state index contributed by atoms with van der Waals surface area (Å²) in [6.07, 6.45) is 4.73. The zero-order valence-electron chi connectivity index (χ0n) is 19.5. The summed E-state index contributed by atoms with van der Waals surface area (Å²) < 4.78 is 41.1. The fourth-order valence-electron chi connectivity index (χ4n) is 5.67. The quantitative estimate of drug-likeness (QED) is 0.553. The van der Waals surface area contributed by atoms with Crippen LogP contribution in [0, 0.1) is 0 Å². The van der Waals surface area contributed by atoms with Crippen molar-refractivity contribution in [3.63, 3.8) is 0 Å². The number of ether oxygens (including phenoxy) is 2. The molecule has 0 radical (unpaired) electrons. The molecule has 0 aromatic heterocycles. The van der Waals surface area contributed by atoms with Gasteiger partial charge in [-0.25, -0.2) is 8.78 Å². The maximum atomic E-state index is 14.5. The Morgan fingerprint density at radius 2 is 1.94 bits per heavy atom. The number of aliphatic carboxylic acids is 1. The van der Waals surface area contributed by atoms with Crippen molar-refractivity contribution in [2.24, 2.45) is 0 Å². The molecule has 5 nitrogen and oxygen atoms in total. The average molecular weight is 472 g/mol. The van der Waals surface area contributed by atoms with Gasteiger partial charge in [0, 0.05) is 36.6 Å². The minimum absolute atomic E-state index is 0.0351. The van der Waals surface area contributed by atoms with E-state index in [2.05, 4.69) is 4.90 Å². The minimum atomic E-state index is -2.89. The molecule has 2 unspecified atom stereocenters. The molecule has 34 heavy (non-hydrogen) atoms. The number of likely N-dealkylation sites (tertiary alicyclic amines) is 1. The van der Waals surface area contributed by atoms with Crippen LogP contribution in [0.2, 0.25) is 0 Å². The molecule has 0 amide bonds. The zero-order chi connectivity index (χ0) is 23.9. The second-order valence-electron chi connectivity index (χ2n) is 9.84. The first-order valence-electron chi connectivity index (χ1n) is 12.2. The molecule has 7 heteroatoms. The number of benzene rings is 2. The summed E-state index contributed by atoms with van der Waals surface area (Å²) in [7, 11) is 0. The molecule has 0 saturated carbocycles. The van der Waals surface area contributed by atoms with E-state index >= 15 is 0 Å². The number of nitrogens with zero attached hydrogens (tertiary/aromatic N) is 1. The van der Waals surface area contributed by atoms with Crippen LogP contribution in [0.1, 0.15) is 78.9 Å². The first-order chi connectivity index (χ1) is 16.3. The molecule has 0 spiro atoms. The normalized spacial score (nSPS) is 22.2. The van der Waals surface area contributed by atoms with Gasteiger partial charge in [0.1, 0.15) is 17.6 Å². The van der Waals surface area contributed by atoms with Crippen molar-refractivity contribution in [3.05, 3.63) is 58.1 Å². The van der Waals surface area contributed by atoms with Crippen LogP contribution in [-0.4, -0.2) is 35.7 Å². The standard InChI is InChI=1S/C27H31F2NO4/c1-27(28,29)23-9-7-21-20(22(23)15-30-11-3-2-4-12-30)8-10-24(21)34-18-5-6-19-17(13-26(31)32)16-33-25(19)14-18/h5-7,9,14,17,24H,2-4,8,10-13,15-16H2,1H3,(H,31,32). The van der Waals surface area contributed by atoms with Crippen molar-refractivity contribution in [2.75, 3.05) is 19.7 Å². The van der Waals surface area contributed by atoms with Gasteiger partial charge in [-0.3, -0.25) is 9.69 Å². The smallest absolute Gasteiger partial charge is 0.304 e.